The van der Waals surface area contributed by atoms with E-state index in [0.29, 0.717) is 6.42 Å². The fraction of sp³-hybridized carbons (Fsp3) is 0.667. The van der Waals surface area contributed by atoms with E-state index in [4.69, 9.17) is 0 Å². The zero-order valence-corrected chi connectivity index (χ0v) is 8.16. The third-order valence-corrected chi connectivity index (χ3v) is 1.75. The minimum atomic E-state index is -0.188. The van der Waals surface area contributed by atoms with Crippen LogP contribution < -0.4 is 0 Å². The molecule has 1 atom stereocenters. The van der Waals surface area contributed by atoms with Crippen LogP contribution in [0.4, 0.5) is 0 Å². The highest BCUT2D eigenvalue weighted by molar-refractivity contribution is 14.1. The Hall–Kier alpha value is -0.130. The van der Waals surface area contributed by atoms with Crippen LogP contribution in [0.2, 0.25) is 0 Å². The third kappa shape index (κ3) is 3.81. The number of hydrogen-bond acceptors (Lipinski definition) is 2. The van der Waals surface area contributed by atoms with Gasteiger partial charge in [-0.2, -0.15) is 0 Å². The molecule has 0 spiro atoms. The van der Waals surface area contributed by atoms with E-state index in [-0.39, 0.29) is 9.83 Å². The second kappa shape index (κ2) is 4.65. The number of alkyl halides is 1. The van der Waals surface area contributed by atoms with Gasteiger partial charge >= 0.3 is 0 Å². The normalized spacial score (nSPS) is 12.3. The van der Waals surface area contributed by atoms with Crippen molar-refractivity contribution in [3.63, 3.8) is 0 Å². The van der Waals surface area contributed by atoms with Crippen LogP contribution in [0.25, 0.3) is 0 Å². The molecule has 0 radical (unpaired) electrons. The van der Waals surface area contributed by atoms with E-state index in [2.05, 4.69) is 0 Å². The number of hydrogen-bond donors (Lipinski definition) is 0. The summed E-state index contributed by atoms with van der Waals surface area (Å²) in [5.74, 6) is -0.00787. The van der Waals surface area contributed by atoms with E-state index in [1.807, 2.05) is 22.6 Å². The zero-order chi connectivity index (χ0) is 8.15. The monoisotopic (exact) mass is 255 g/mol. The molecule has 0 saturated carbocycles. The molecule has 0 aliphatic carbocycles. The molecular weight excluding hydrogens is 245 g/mol. The first-order valence-electron chi connectivity index (χ1n) is 2.87. The van der Waals surface area contributed by atoms with Gasteiger partial charge in [-0.15, -0.1) is 0 Å². The summed E-state index contributed by atoms with van der Waals surface area (Å²) < 4.78 is -0.188. The Balaban J connectivity index is 3.68. The van der Waals surface area contributed by atoms with Crippen molar-refractivity contribution < 1.29 is 9.59 Å². The maximum Gasteiger partial charge on any atom is 0.223 e. The molecule has 0 aromatic carbocycles. The van der Waals surface area contributed by atoms with Crippen molar-refractivity contribution >= 4 is 34.8 Å². The minimum absolute atomic E-state index is 0.00787. The van der Waals surface area contributed by atoms with Gasteiger partial charge in [0, 0.05) is 20.5 Å². The standard InChI is InChI=1S/C6H10INO2/c1-8(2)6(10)3-5(7)4-9/h4-5H,3H2,1-2H3. The van der Waals surface area contributed by atoms with Gasteiger partial charge in [0.2, 0.25) is 5.91 Å². The van der Waals surface area contributed by atoms with E-state index in [0.717, 1.165) is 6.29 Å². The van der Waals surface area contributed by atoms with Crippen LogP contribution in [-0.2, 0) is 9.59 Å². The van der Waals surface area contributed by atoms with Gasteiger partial charge in [0.1, 0.15) is 6.29 Å². The smallest absolute Gasteiger partial charge is 0.223 e. The maximum atomic E-state index is 10.9. The Morgan fingerprint density at radius 2 is 2.20 bits per heavy atom. The molecule has 0 saturated heterocycles. The van der Waals surface area contributed by atoms with Gasteiger partial charge in [-0.1, -0.05) is 22.6 Å². The maximum absolute atomic E-state index is 10.9. The van der Waals surface area contributed by atoms with Gasteiger partial charge in [0.15, 0.2) is 0 Å². The van der Waals surface area contributed by atoms with Crippen molar-refractivity contribution in [3.8, 4) is 0 Å². The predicted molar refractivity (Wildman–Crippen MR) is 47.2 cm³/mol. The number of carbonyl (C=O) groups excluding carboxylic acids is 2. The lowest BCUT2D eigenvalue weighted by Gasteiger charge is -2.09. The molecule has 0 bridgehead atoms. The summed E-state index contributed by atoms with van der Waals surface area (Å²) in [5.41, 5.74) is 0. The second-order valence-electron chi connectivity index (χ2n) is 2.14. The molecule has 4 heteroatoms. The van der Waals surface area contributed by atoms with Crippen molar-refractivity contribution in [1.82, 2.24) is 4.90 Å². The molecule has 0 N–H and O–H groups in total. The summed E-state index contributed by atoms with van der Waals surface area (Å²) in [7, 11) is 3.35. The first-order valence-corrected chi connectivity index (χ1v) is 4.12. The quantitative estimate of drug-likeness (QED) is 0.417. The van der Waals surface area contributed by atoms with Crippen LogP contribution in [0.1, 0.15) is 6.42 Å². The molecule has 0 fully saturated rings. The molecule has 3 nitrogen and oxygen atoms in total. The average Bonchev–Trinajstić information content (AvgIpc) is 1.87. The summed E-state index contributed by atoms with van der Waals surface area (Å²) in [5, 5.41) is 0. The molecule has 0 aromatic rings. The first kappa shape index (κ1) is 9.87. The van der Waals surface area contributed by atoms with Gasteiger partial charge in [0.05, 0.1) is 3.92 Å². The number of aldehydes is 1. The molecule has 1 unspecified atom stereocenters. The lowest BCUT2D eigenvalue weighted by molar-refractivity contribution is -0.129. The molecule has 0 heterocycles. The van der Waals surface area contributed by atoms with E-state index in [1.54, 1.807) is 14.1 Å². The SMILES string of the molecule is CN(C)C(=O)CC(I)C=O. The van der Waals surface area contributed by atoms with Gasteiger partial charge in [-0.3, -0.25) is 4.79 Å². The van der Waals surface area contributed by atoms with Gasteiger partial charge in [0.25, 0.3) is 0 Å². The molecule has 10 heavy (non-hydrogen) atoms. The molecule has 0 aromatic heterocycles. The van der Waals surface area contributed by atoms with Gasteiger partial charge in [-0.05, 0) is 0 Å². The molecular formula is C6H10INO2. The van der Waals surface area contributed by atoms with Gasteiger partial charge < -0.3 is 9.69 Å². The highest BCUT2D eigenvalue weighted by atomic mass is 127. The molecule has 1 amide bonds. The molecule has 0 rings (SSSR count). The Labute approximate surface area is 73.9 Å². The molecule has 0 aliphatic rings. The second-order valence-corrected chi connectivity index (χ2v) is 3.74. The minimum Gasteiger partial charge on any atom is -0.349 e. The van der Waals surface area contributed by atoms with Crippen LogP contribution >= 0.6 is 22.6 Å². The predicted octanol–water partition coefficient (Wildman–Crippen LogP) is 0.467. The molecule has 58 valence electrons. The third-order valence-electron chi connectivity index (χ3n) is 1.02. The Bertz CT molecular complexity index is 136. The van der Waals surface area contributed by atoms with Crippen molar-refractivity contribution in [2.75, 3.05) is 14.1 Å². The summed E-state index contributed by atoms with van der Waals surface area (Å²) >= 11 is 1.94. The molecule has 0 aliphatic heterocycles. The number of halogens is 1. The number of amides is 1. The number of carbonyl (C=O) groups is 2. The number of nitrogens with zero attached hydrogens (tertiary/aromatic N) is 1. The van der Waals surface area contributed by atoms with Crippen LogP contribution in [0.5, 0.6) is 0 Å². The fourth-order valence-corrected chi connectivity index (χ4v) is 0.774. The van der Waals surface area contributed by atoms with Crippen molar-refractivity contribution in [3.05, 3.63) is 0 Å². The summed E-state index contributed by atoms with van der Waals surface area (Å²) in [6.07, 6.45) is 1.08. The zero-order valence-electron chi connectivity index (χ0n) is 6.00. The largest absolute Gasteiger partial charge is 0.349 e. The summed E-state index contributed by atoms with van der Waals surface area (Å²) in [4.78, 5) is 22.4. The van der Waals surface area contributed by atoms with E-state index in [9.17, 15) is 9.59 Å². The highest BCUT2D eigenvalue weighted by Crippen LogP contribution is 2.03. The average molecular weight is 255 g/mol. The summed E-state index contributed by atoms with van der Waals surface area (Å²) in [6.45, 7) is 0. The van der Waals surface area contributed by atoms with Crippen molar-refractivity contribution in [2.24, 2.45) is 0 Å². The lowest BCUT2D eigenvalue weighted by Crippen LogP contribution is -2.24. The van der Waals surface area contributed by atoms with Crippen LogP contribution in [0, 0.1) is 0 Å². The van der Waals surface area contributed by atoms with E-state index >= 15 is 0 Å². The Morgan fingerprint density at radius 1 is 1.70 bits per heavy atom. The Kier molecular flexibility index (Phi) is 4.59. The van der Waals surface area contributed by atoms with Crippen LogP contribution in [0.15, 0.2) is 0 Å². The summed E-state index contributed by atoms with van der Waals surface area (Å²) in [6, 6.07) is 0. The van der Waals surface area contributed by atoms with Gasteiger partial charge in [-0.25, -0.2) is 0 Å². The van der Waals surface area contributed by atoms with Crippen molar-refractivity contribution in [1.29, 1.82) is 0 Å². The van der Waals surface area contributed by atoms with Crippen LogP contribution in [-0.4, -0.2) is 35.1 Å². The Morgan fingerprint density at radius 3 is 2.50 bits per heavy atom. The lowest BCUT2D eigenvalue weighted by atomic mass is 10.3. The van der Waals surface area contributed by atoms with E-state index in [1.165, 1.54) is 4.90 Å². The first-order chi connectivity index (χ1) is 4.57. The number of rotatable bonds is 3. The van der Waals surface area contributed by atoms with E-state index < -0.39 is 0 Å². The topological polar surface area (TPSA) is 37.4 Å². The fourth-order valence-electron chi connectivity index (χ4n) is 0.398. The van der Waals surface area contributed by atoms with Crippen molar-refractivity contribution in [2.45, 2.75) is 10.3 Å². The highest BCUT2D eigenvalue weighted by Gasteiger charge is 2.09. The van der Waals surface area contributed by atoms with Crippen LogP contribution in [0.3, 0.4) is 0 Å².